The smallest absolute Gasteiger partial charge is 0.367 e. The topological polar surface area (TPSA) is 49.4 Å². The zero-order valence-electron chi connectivity index (χ0n) is 19.0. The third-order valence-electron chi connectivity index (χ3n) is 7.02. The van der Waals surface area contributed by atoms with E-state index in [1.165, 1.54) is 12.1 Å². The number of halogens is 3. The number of hydrogen-bond donors (Lipinski definition) is 1. The van der Waals surface area contributed by atoms with Crippen molar-refractivity contribution in [2.24, 2.45) is 5.92 Å². The summed E-state index contributed by atoms with van der Waals surface area (Å²) < 4.78 is 39.4. The normalized spacial score (nSPS) is 22.3. The number of carbonyl (C=O) groups is 2. The molecule has 3 aromatic rings. The summed E-state index contributed by atoms with van der Waals surface area (Å²) in [6.45, 7) is 0.327. The van der Waals surface area contributed by atoms with Crippen LogP contribution < -0.4 is 10.2 Å². The monoisotopic (exact) mass is 478 g/mol. The van der Waals surface area contributed by atoms with Gasteiger partial charge in [0.05, 0.1) is 23.7 Å². The maximum Gasteiger partial charge on any atom is 0.416 e. The standard InChI is InChI=1S/C28H25F3N2O2/c29-28(30,31)20-14-16-21(17-15-20)32-27(23-11-5-7-13-25(23)34)22-10-4-6-12-24(22)33(26(27)35)18-19-8-2-1-3-9-19/h1-4,6,8-10,12,14-17,23,32H,5,7,11,13,18H2. The van der Waals surface area contributed by atoms with Gasteiger partial charge in [0.25, 0.3) is 5.91 Å². The average molecular weight is 479 g/mol. The minimum Gasteiger partial charge on any atom is -0.367 e. The first kappa shape index (κ1) is 23.1. The molecule has 0 saturated heterocycles. The van der Waals surface area contributed by atoms with Gasteiger partial charge in [0.15, 0.2) is 5.54 Å². The highest BCUT2D eigenvalue weighted by Crippen LogP contribution is 2.50. The molecule has 2 atom stereocenters. The number of amides is 1. The maximum atomic E-state index is 14.3. The summed E-state index contributed by atoms with van der Waals surface area (Å²) in [5.41, 5.74) is 0.537. The van der Waals surface area contributed by atoms with E-state index in [1.54, 1.807) is 4.90 Å². The molecule has 7 heteroatoms. The number of nitrogens with one attached hydrogen (secondary N) is 1. The largest absolute Gasteiger partial charge is 0.416 e. The van der Waals surface area contributed by atoms with Gasteiger partial charge in [0.2, 0.25) is 0 Å². The van der Waals surface area contributed by atoms with Gasteiger partial charge in [-0.25, -0.2) is 0 Å². The maximum absolute atomic E-state index is 14.3. The molecule has 3 aromatic carbocycles. The first-order valence-electron chi connectivity index (χ1n) is 11.7. The fourth-order valence-corrected chi connectivity index (χ4v) is 5.36. The van der Waals surface area contributed by atoms with Gasteiger partial charge in [0, 0.05) is 17.7 Å². The Hall–Kier alpha value is -3.61. The van der Waals surface area contributed by atoms with Crippen molar-refractivity contribution in [2.75, 3.05) is 10.2 Å². The van der Waals surface area contributed by atoms with E-state index >= 15 is 0 Å². The van der Waals surface area contributed by atoms with Gasteiger partial charge in [-0.3, -0.25) is 9.59 Å². The van der Waals surface area contributed by atoms with Crippen molar-refractivity contribution in [3.05, 3.63) is 95.6 Å². The Kier molecular flexibility index (Phi) is 5.87. The number of anilines is 2. The molecule has 1 N–H and O–H groups in total. The molecular formula is C28H25F3N2O2. The highest BCUT2D eigenvalue weighted by atomic mass is 19.4. The van der Waals surface area contributed by atoms with E-state index in [-0.39, 0.29) is 11.7 Å². The predicted octanol–water partition coefficient (Wildman–Crippen LogP) is 6.32. The molecular weight excluding hydrogens is 453 g/mol. The Labute approximate surface area is 201 Å². The number of benzene rings is 3. The molecule has 0 spiro atoms. The summed E-state index contributed by atoms with van der Waals surface area (Å²) in [6, 6.07) is 21.6. The summed E-state index contributed by atoms with van der Waals surface area (Å²) in [6.07, 6.45) is -1.96. The molecule has 0 aromatic heterocycles. The third-order valence-corrected chi connectivity index (χ3v) is 7.02. The van der Waals surface area contributed by atoms with Gasteiger partial charge < -0.3 is 10.2 Å². The third kappa shape index (κ3) is 4.09. The SMILES string of the molecule is O=C1CCCCC1C1(Nc2ccc(C(F)(F)F)cc2)C(=O)N(Cc2ccccc2)c2ccccc21. The van der Waals surface area contributed by atoms with Crippen LogP contribution in [-0.4, -0.2) is 11.7 Å². The Morgan fingerprint density at radius 3 is 2.26 bits per heavy atom. The highest BCUT2D eigenvalue weighted by Gasteiger charge is 2.58. The number of para-hydroxylation sites is 1. The summed E-state index contributed by atoms with van der Waals surface area (Å²) in [4.78, 5) is 29.2. The lowest BCUT2D eigenvalue weighted by Crippen LogP contribution is -2.54. The van der Waals surface area contributed by atoms with Crippen molar-refractivity contribution in [3.63, 3.8) is 0 Å². The van der Waals surface area contributed by atoms with Crippen molar-refractivity contribution in [2.45, 2.75) is 43.9 Å². The van der Waals surface area contributed by atoms with Gasteiger partial charge in [-0.05, 0) is 48.7 Å². The Morgan fingerprint density at radius 2 is 1.57 bits per heavy atom. The first-order valence-corrected chi connectivity index (χ1v) is 11.7. The molecule has 0 radical (unpaired) electrons. The molecule has 2 aliphatic rings. The number of nitrogens with zero attached hydrogens (tertiary/aromatic N) is 1. The summed E-state index contributed by atoms with van der Waals surface area (Å²) in [5, 5.41) is 3.28. The van der Waals surface area contributed by atoms with E-state index in [4.69, 9.17) is 0 Å². The molecule has 1 saturated carbocycles. The van der Waals surface area contributed by atoms with E-state index in [1.807, 2.05) is 54.6 Å². The number of Topliss-reactive ketones (excluding diaryl/α,β-unsaturated/α-hetero) is 1. The molecule has 4 nitrogen and oxygen atoms in total. The fraction of sp³-hybridized carbons (Fsp3) is 0.286. The van der Waals surface area contributed by atoms with Crippen molar-refractivity contribution < 1.29 is 22.8 Å². The minimum atomic E-state index is -4.46. The van der Waals surface area contributed by atoms with Crippen molar-refractivity contribution >= 4 is 23.1 Å². The second kappa shape index (κ2) is 8.87. The van der Waals surface area contributed by atoms with E-state index in [0.717, 1.165) is 30.5 Å². The number of ketones is 1. The molecule has 1 aliphatic heterocycles. The lowest BCUT2D eigenvalue weighted by atomic mass is 9.70. The lowest BCUT2D eigenvalue weighted by Gasteiger charge is -2.39. The molecule has 180 valence electrons. The van der Waals surface area contributed by atoms with E-state index in [9.17, 15) is 22.8 Å². The van der Waals surface area contributed by atoms with Crippen LogP contribution in [0.5, 0.6) is 0 Å². The van der Waals surface area contributed by atoms with Crippen molar-refractivity contribution in [1.82, 2.24) is 0 Å². The molecule has 1 fully saturated rings. The number of rotatable bonds is 5. The van der Waals surface area contributed by atoms with Crippen LogP contribution in [0, 0.1) is 5.92 Å². The van der Waals surface area contributed by atoms with Crippen LogP contribution in [0.1, 0.15) is 42.4 Å². The van der Waals surface area contributed by atoms with Gasteiger partial charge in [0.1, 0.15) is 5.78 Å². The van der Waals surface area contributed by atoms with Crippen LogP contribution >= 0.6 is 0 Å². The number of alkyl halides is 3. The van der Waals surface area contributed by atoms with Gasteiger partial charge in [-0.2, -0.15) is 13.2 Å². The fourth-order valence-electron chi connectivity index (χ4n) is 5.36. The summed E-state index contributed by atoms with van der Waals surface area (Å²) >= 11 is 0. The predicted molar refractivity (Wildman–Crippen MR) is 128 cm³/mol. The van der Waals surface area contributed by atoms with Crippen LogP contribution in [0.2, 0.25) is 0 Å². The molecule has 35 heavy (non-hydrogen) atoms. The summed E-state index contributed by atoms with van der Waals surface area (Å²) in [5.74, 6) is -0.879. The lowest BCUT2D eigenvalue weighted by molar-refractivity contribution is -0.137. The van der Waals surface area contributed by atoms with Crippen LogP contribution in [0.4, 0.5) is 24.5 Å². The second-order valence-electron chi connectivity index (χ2n) is 9.17. The van der Waals surface area contributed by atoms with E-state index < -0.39 is 23.2 Å². The molecule has 1 amide bonds. The Bertz CT molecular complexity index is 1240. The minimum absolute atomic E-state index is 0.000348. The average Bonchev–Trinajstić information content (AvgIpc) is 3.08. The molecule has 0 bridgehead atoms. The summed E-state index contributed by atoms with van der Waals surface area (Å²) in [7, 11) is 0. The van der Waals surface area contributed by atoms with Crippen LogP contribution in [0.15, 0.2) is 78.9 Å². The van der Waals surface area contributed by atoms with Gasteiger partial charge in [-0.15, -0.1) is 0 Å². The molecule has 1 aliphatic carbocycles. The van der Waals surface area contributed by atoms with Crippen molar-refractivity contribution in [3.8, 4) is 0 Å². The Morgan fingerprint density at radius 1 is 0.886 bits per heavy atom. The van der Waals surface area contributed by atoms with Crippen LogP contribution in [0.3, 0.4) is 0 Å². The second-order valence-corrected chi connectivity index (χ2v) is 9.17. The molecule has 2 unspecified atom stereocenters. The number of fused-ring (bicyclic) bond motifs is 1. The van der Waals surface area contributed by atoms with Gasteiger partial charge in [-0.1, -0.05) is 55.0 Å². The van der Waals surface area contributed by atoms with Crippen molar-refractivity contribution in [1.29, 1.82) is 0 Å². The Balaban J connectivity index is 1.62. The quantitative estimate of drug-likeness (QED) is 0.467. The number of hydrogen-bond acceptors (Lipinski definition) is 3. The van der Waals surface area contributed by atoms with E-state index in [2.05, 4.69) is 5.32 Å². The highest BCUT2D eigenvalue weighted by molar-refractivity contribution is 6.12. The molecule has 5 rings (SSSR count). The molecule has 1 heterocycles. The van der Waals surface area contributed by atoms with E-state index in [0.29, 0.717) is 36.3 Å². The first-order chi connectivity index (χ1) is 16.8. The van der Waals surface area contributed by atoms with Crippen LogP contribution in [0.25, 0.3) is 0 Å². The van der Waals surface area contributed by atoms with Gasteiger partial charge >= 0.3 is 6.18 Å². The zero-order valence-corrected chi connectivity index (χ0v) is 19.0. The zero-order chi connectivity index (χ0) is 24.6. The number of carbonyl (C=O) groups excluding carboxylic acids is 2. The van der Waals surface area contributed by atoms with Crippen LogP contribution in [-0.2, 0) is 27.8 Å².